The minimum atomic E-state index is -0.263. The third kappa shape index (κ3) is 3.34. The Hall–Kier alpha value is -1.10. The summed E-state index contributed by atoms with van der Waals surface area (Å²) in [7, 11) is 0. The average molecular weight is 189 g/mol. The molecule has 1 rings (SSSR count). The van der Waals surface area contributed by atoms with E-state index in [2.05, 4.69) is 0 Å². The van der Waals surface area contributed by atoms with Gasteiger partial charge in [0.05, 0.1) is 0 Å². The number of nitrogens with one attached hydrogen (secondary N) is 1. The molecule has 0 saturated heterocycles. The SMILES string of the molecule is N.NNC(=O)c1ccccc1.[Cl-]. The van der Waals surface area contributed by atoms with E-state index in [1.54, 1.807) is 24.3 Å². The van der Waals surface area contributed by atoms with Gasteiger partial charge in [0.25, 0.3) is 5.91 Å². The number of hydrogen-bond donors (Lipinski definition) is 3. The van der Waals surface area contributed by atoms with E-state index in [0.717, 1.165) is 0 Å². The molecule has 0 heterocycles. The van der Waals surface area contributed by atoms with E-state index in [1.807, 2.05) is 11.5 Å². The molecule has 0 aromatic heterocycles. The largest absolute Gasteiger partial charge is 1.00 e. The van der Waals surface area contributed by atoms with Crippen LogP contribution in [0.4, 0.5) is 0 Å². The van der Waals surface area contributed by atoms with Gasteiger partial charge in [0.15, 0.2) is 0 Å². The number of rotatable bonds is 1. The topological polar surface area (TPSA) is 90.1 Å². The molecule has 4 nitrogen and oxygen atoms in total. The van der Waals surface area contributed by atoms with E-state index in [1.165, 1.54) is 0 Å². The van der Waals surface area contributed by atoms with Gasteiger partial charge in [0.1, 0.15) is 0 Å². The minimum Gasteiger partial charge on any atom is -1.00 e. The lowest BCUT2D eigenvalue weighted by Crippen LogP contribution is -3.00. The first-order valence-corrected chi connectivity index (χ1v) is 2.90. The zero-order chi connectivity index (χ0) is 7.40. The molecule has 1 aromatic rings. The average Bonchev–Trinajstić information content (AvgIpc) is 2.05. The fourth-order valence-electron chi connectivity index (χ4n) is 0.673. The summed E-state index contributed by atoms with van der Waals surface area (Å²) < 4.78 is 0. The van der Waals surface area contributed by atoms with Crippen molar-refractivity contribution in [1.29, 1.82) is 0 Å². The molecule has 1 amide bonds. The first-order chi connectivity index (χ1) is 4.84. The molecule has 0 spiro atoms. The molecule has 0 aliphatic rings. The molecule has 0 saturated carbocycles. The first-order valence-electron chi connectivity index (χ1n) is 2.90. The molecule has 5 heteroatoms. The van der Waals surface area contributed by atoms with Gasteiger partial charge in [-0.2, -0.15) is 0 Å². The highest BCUT2D eigenvalue weighted by Crippen LogP contribution is 1.95. The van der Waals surface area contributed by atoms with Gasteiger partial charge in [-0.1, -0.05) is 18.2 Å². The normalized spacial score (nSPS) is 7.42. The lowest BCUT2D eigenvalue weighted by Gasteiger charge is -1.95. The number of nitrogen functional groups attached to an aromatic ring is 1. The van der Waals surface area contributed by atoms with Crippen LogP contribution in [0.2, 0.25) is 0 Å². The Kier molecular flexibility index (Phi) is 7.42. The molecule has 0 bridgehead atoms. The fourth-order valence-corrected chi connectivity index (χ4v) is 0.673. The zero-order valence-electron chi connectivity index (χ0n) is 6.46. The summed E-state index contributed by atoms with van der Waals surface area (Å²) in [5.41, 5.74) is 2.62. The van der Waals surface area contributed by atoms with Crippen LogP contribution in [0.25, 0.3) is 0 Å². The highest BCUT2D eigenvalue weighted by molar-refractivity contribution is 5.93. The van der Waals surface area contributed by atoms with E-state index < -0.39 is 0 Å². The van der Waals surface area contributed by atoms with Crippen LogP contribution < -0.4 is 29.8 Å². The Morgan fingerprint density at radius 2 is 1.75 bits per heavy atom. The van der Waals surface area contributed by atoms with Crippen molar-refractivity contribution in [2.24, 2.45) is 5.84 Å². The summed E-state index contributed by atoms with van der Waals surface area (Å²) in [6.07, 6.45) is 0. The molecule has 1 aromatic carbocycles. The second-order valence-corrected chi connectivity index (χ2v) is 1.84. The zero-order valence-corrected chi connectivity index (χ0v) is 7.21. The third-order valence-electron chi connectivity index (χ3n) is 1.17. The highest BCUT2D eigenvalue weighted by Gasteiger charge is 1.98. The van der Waals surface area contributed by atoms with Crippen molar-refractivity contribution in [3.8, 4) is 0 Å². The Labute approximate surface area is 77.1 Å². The molecule has 6 N–H and O–H groups in total. The van der Waals surface area contributed by atoms with Gasteiger partial charge < -0.3 is 18.6 Å². The summed E-state index contributed by atoms with van der Waals surface area (Å²) in [6, 6.07) is 8.80. The van der Waals surface area contributed by atoms with Gasteiger partial charge in [-0.05, 0) is 12.1 Å². The van der Waals surface area contributed by atoms with Gasteiger partial charge in [-0.3, -0.25) is 10.2 Å². The summed E-state index contributed by atoms with van der Waals surface area (Å²) in [6.45, 7) is 0. The quantitative estimate of drug-likeness (QED) is 0.258. The van der Waals surface area contributed by atoms with E-state index >= 15 is 0 Å². The Bertz CT molecular complexity index is 227. The second-order valence-electron chi connectivity index (χ2n) is 1.84. The molecule has 0 fully saturated rings. The Morgan fingerprint density at radius 3 is 2.17 bits per heavy atom. The van der Waals surface area contributed by atoms with E-state index in [4.69, 9.17) is 5.84 Å². The standard InChI is InChI=1S/C7H8N2O.ClH.H3N/c8-9-7(10)6-4-2-1-3-5-6;;/h1-5H,8H2,(H,9,10);1H;1H3/p-1. The van der Waals surface area contributed by atoms with Gasteiger partial charge in [-0.15, -0.1) is 0 Å². The van der Waals surface area contributed by atoms with E-state index in [0.29, 0.717) is 5.56 Å². The van der Waals surface area contributed by atoms with Crippen LogP contribution >= 0.6 is 0 Å². The molecule has 0 radical (unpaired) electrons. The maximum atomic E-state index is 10.8. The van der Waals surface area contributed by atoms with Gasteiger partial charge >= 0.3 is 0 Å². The van der Waals surface area contributed by atoms with Gasteiger partial charge in [0, 0.05) is 5.56 Å². The molecular formula is C7H11ClN3O-. The number of carbonyl (C=O) groups is 1. The summed E-state index contributed by atoms with van der Waals surface area (Å²) >= 11 is 0. The highest BCUT2D eigenvalue weighted by atomic mass is 35.5. The fraction of sp³-hybridized carbons (Fsp3) is 0. The number of hydrazine groups is 1. The maximum Gasteiger partial charge on any atom is 0.265 e. The molecular weight excluding hydrogens is 178 g/mol. The molecule has 68 valence electrons. The smallest absolute Gasteiger partial charge is 0.265 e. The van der Waals surface area contributed by atoms with Crippen LogP contribution in [-0.4, -0.2) is 5.91 Å². The second kappa shape index (κ2) is 6.60. The predicted octanol–water partition coefficient (Wildman–Crippen LogP) is -2.54. The van der Waals surface area contributed by atoms with Crippen molar-refractivity contribution in [3.05, 3.63) is 35.9 Å². The number of benzene rings is 1. The first kappa shape index (κ1) is 13.5. The lowest BCUT2D eigenvalue weighted by atomic mass is 10.2. The summed E-state index contributed by atoms with van der Waals surface area (Å²) in [5, 5.41) is 0. The van der Waals surface area contributed by atoms with Gasteiger partial charge in [-0.25, -0.2) is 5.84 Å². The van der Waals surface area contributed by atoms with Crippen molar-refractivity contribution in [3.63, 3.8) is 0 Å². The Morgan fingerprint density at radius 1 is 1.25 bits per heavy atom. The predicted molar refractivity (Wildman–Crippen MR) is 43.1 cm³/mol. The number of halogens is 1. The summed E-state index contributed by atoms with van der Waals surface area (Å²) in [4.78, 5) is 10.8. The van der Waals surface area contributed by atoms with Crippen LogP contribution in [0.5, 0.6) is 0 Å². The van der Waals surface area contributed by atoms with Crippen LogP contribution in [0.1, 0.15) is 10.4 Å². The number of carbonyl (C=O) groups excluding carboxylic acids is 1. The van der Waals surface area contributed by atoms with Crippen LogP contribution in [-0.2, 0) is 0 Å². The number of nitrogens with two attached hydrogens (primary N) is 1. The monoisotopic (exact) mass is 188 g/mol. The van der Waals surface area contributed by atoms with Crippen molar-refractivity contribution < 1.29 is 17.2 Å². The third-order valence-corrected chi connectivity index (χ3v) is 1.17. The van der Waals surface area contributed by atoms with E-state index in [-0.39, 0.29) is 24.5 Å². The van der Waals surface area contributed by atoms with Crippen molar-refractivity contribution >= 4 is 5.91 Å². The number of amides is 1. The van der Waals surface area contributed by atoms with Crippen molar-refractivity contribution in [2.75, 3.05) is 0 Å². The molecule has 0 aliphatic heterocycles. The van der Waals surface area contributed by atoms with Crippen molar-refractivity contribution in [2.45, 2.75) is 0 Å². The lowest BCUT2D eigenvalue weighted by molar-refractivity contribution is -0.0000107. The van der Waals surface area contributed by atoms with Crippen LogP contribution in [0.15, 0.2) is 30.3 Å². The van der Waals surface area contributed by atoms with E-state index in [9.17, 15) is 4.79 Å². The molecule has 12 heavy (non-hydrogen) atoms. The summed E-state index contributed by atoms with van der Waals surface area (Å²) in [5.74, 6) is 4.64. The number of hydrogen-bond acceptors (Lipinski definition) is 3. The molecule has 0 atom stereocenters. The van der Waals surface area contributed by atoms with Crippen LogP contribution in [0.3, 0.4) is 0 Å². The van der Waals surface area contributed by atoms with Crippen LogP contribution in [0, 0.1) is 0 Å². The Balaban J connectivity index is 0. The maximum absolute atomic E-state index is 10.8. The van der Waals surface area contributed by atoms with Gasteiger partial charge in [0.2, 0.25) is 0 Å². The van der Waals surface area contributed by atoms with Crippen molar-refractivity contribution in [1.82, 2.24) is 11.6 Å². The molecule has 0 unspecified atom stereocenters. The molecule has 0 aliphatic carbocycles. The minimum absolute atomic E-state index is 0.